The highest BCUT2D eigenvalue weighted by Gasteiger charge is 2.65. The van der Waals surface area contributed by atoms with E-state index in [1.54, 1.807) is 19.1 Å². The van der Waals surface area contributed by atoms with Crippen molar-refractivity contribution in [3.05, 3.63) is 49.1 Å². The van der Waals surface area contributed by atoms with E-state index in [0.717, 1.165) is 74.7 Å². The zero-order valence-corrected chi connectivity index (χ0v) is 54.1. The summed E-state index contributed by atoms with van der Waals surface area (Å²) in [5.41, 5.74) is -2.55. The Labute approximate surface area is 530 Å². The summed E-state index contributed by atoms with van der Waals surface area (Å²) in [6.07, 6.45) is 11.6. The fourth-order valence-electron chi connectivity index (χ4n) is 18.3. The second-order valence-electron chi connectivity index (χ2n) is 30.2. The van der Waals surface area contributed by atoms with Gasteiger partial charge >= 0.3 is 6.03 Å². The second kappa shape index (κ2) is 24.9. The maximum atomic E-state index is 12.9. The van der Waals surface area contributed by atoms with Gasteiger partial charge in [-0.25, -0.2) is 4.79 Å². The van der Waals surface area contributed by atoms with Crippen LogP contribution in [-0.4, -0.2) is 215 Å². The first-order valence-corrected chi connectivity index (χ1v) is 35.2. The minimum absolute atomic E-state index is 0.0355. The first-order valence-electron chi connectivity index (χ1n) is 34.1. The van der Waals surface area contributed by atoms with Crippen LogP contribution in [0.2, 0.25) is 0 Å². The van der Waals surface area contributed by atoms with Crippen molar-refractivity contribution in [1.29, 1.82) is 0 Å². The molecule has 496 valence electrons. The summed E-state index contributed by atoms with van der Waals surface area (Å²) in [5.74, 6) is 1.09. The molecular weight excluding hydrogens is 1160 g/mol. The number of aliphatic hydroxyl groups excluding tert-OH is 1. The number of aliphatic hydroxyl groups is 2. The van der Waals surface area contributed by atoms with Crippen molar-refractivity contribution < 1.29 is 81.4 Å². The normalized spacial score (nSPS) is 51.3. The summed E-state index contributed by atoms with van der Waals surface area (Å²) in [5, 5.41) is 33.6. The van der Waals surface area contributed by atoms with Crippen molar-refractivity contribution in [1.82, 2.24) is 16.0 Å². The number of thioether (sulfide) groups is 1. The number of carbonyl (C=O) groups excluding carboxylic acids is 2. The Morgan fingerprint density at radius 1 is 0.719 bits per heavy atom. The highest BCUT2D eigenvalue weighted by molar-refractivity contribution is 8.00. The number of nitrogens with one attached hydrogen (secondary N) is 3. The SMILES string of the molecule is C=CCC(=C)/C=C/[C@@](C)(O)[C@H]1O[C@@H]2C[C@@H]3O[C@@H]4C[C@@H]5O[C@@H]6C[C@@H]7O[C@@H]8C[C@@H]9O[C@@H]%10C[C@@H]%11O[C@]%12(C)CCOC(CCNC(=O)CCCC[C@@H]%13SC[C@@H]%14NC(=O)N[C@@H]%14%13)O[C@H]%12C[C@H]%11O[C@H]%10C[C@H]9O[C@H]8CC[C@@]7(C)O[C@@]6(C)CC[C@H](C)[C@H]5O[C@H]4[C@@H](O)[C@]3(C)O[C@H]2CC1=C. The van der Waals surface area contributed by atoms with Crippen molar-refractivity contribution >= 4 is 23.7 Å². The lowest BCUT2D eigenvalue weighted by Crippen LogP contribution is -2.74. The van der Waals surface area contributed by atoms with Gasteiger partial charge in [-0.05, 0) is 97.5 Å². The number of carbonyl (C=O) groups is 2. The predicted octanol–water partition coefficient (Wildman–Crippen LogP) is 7.03. The third-order valence-corrected chi connectivity index (χ3v) is 25.1. The van der Waals surface area contributed by atoms with Gasteiger partial charge in [0.15, 0.2) is 6.29 Å². The fourth-order valence-corrected chi connectivity index (χ4v) is 19.9. The standard InChI is InChI=1S/C68H101N3O17S/c1-10-13-35(2)16-20-64(5,75)62-37(4)26-47-46(83-62)32-55-68(9,87-47)61(73)60-50(82-55)30-49-59(85-60)36(3)17-21-66(7)54(81-49)33-53-67(8,88-66)22-18-39-40(80-53)27-42-41(77-39)28-43-44(78-42)29-48-45(79-43)31-52-65(6,86-48)23-25-76-57(84-52)19-24-69-56(72)15-12-11-14-51-58-38(34-89-51)70-63(74)71-58/h10,16,20,36,38-55,57-62,73,75H,1-2,4,11-15,17-19,21-34H2,3,5-9H3,(H,69,72)(H2,70,71,74)/b20-16+/t36-,38-,39-,40+,41+,42-,43-,44+,45+,46+,47-,48-,49-,50+,51-,52-,53-,54+,55-,57?,58-,59+,60+,61+,62-,64+,65+,66-,67+,68+/m0/s1. The molecule has 89 heavy (non-hydrogen) atoms. The van der Waals surface area contributed by atoms with Gasteiger partial charge in [-0.3, -0.25) is 4.79 Å². The molecule has 0 spiro atoms. The zero-order valence-electron chi connectivity index (χ0n) is 53.3. The summed E-state index contributed by atoms with van der Waals surface area (Å²) >= 11 is 1.91. The molecule has 0 radical (unpaired) electrons. The van der Waals surface area contributed by atoms with Crippen molar-refractivity contribution in [2.45, 2.75) is 337 Å². The molecule has 3 amide bonds. The Morgan fingerprint density at radius 2 is 1.36 bits per heavy atom. The van der Waals surface area contributed by atoms with Crippen LogP contribution < -0.4 is 16.0 Å². The molecule has 14 aliphatic heterocycles. The monoisotopic (exact) mass is 1260 g/mol. The third kappa shape index (κ3) is 12.4. The van der Waals surface area contributed by atoms with Crippen molar-refractivity contribution in [3.8, 4) is 0 Å². The van der Waals surface area contributed by atoms with Crippen LogP contribution in [0.5, 0.6) is 0 Å². The number of amides is 3. The van der Waals surface area contributed by atoms with Gasteiger partial charge in [0.1, 0.15) is 29.5 Å². The topological polar surface area (TPSA) is 231 Å². The molecule has 30 atom stereocenters. The number of urea groups is 1. The minimum atomic E-state index is -1.34. The van der Waals surface area contributed by atoms with Gasteiger partial charge in [0.05, 0.1) is 139 Å². The van der Waals surface area contributed by atoms with Crippen LogP contribution in [0.3, 0.4) is 0 Å². The van der Waals surface area contributed by atoms with E-state index >= 15 is 0 Å². The maximum absolute atomic E-state index is 12.9. The number of allylic oxidation sites excluding steroid dienone is 3. The van der Waals surface area contributed by atoms with Crippen LogP contribution in [0.1, 0.15) is 164 Å². The predicted molar refractivity (Wildman–Crippen MR) is 328 cm³/mol. The molecule has 0 aliphatic carbocycles. The van der Waals surface area contributed by atoms with E-state index < -0.39 is 70.9 Å². The van der Waals surface area contributed by atoms with E-state index in [1.165, 1.54) is 0 Å². The molecule has 14 saturated heterocycles. The Morgan fingerprint density at radius 3 is 2.12 bits per heavy atom. The van der Waals surface area contributed by atoms with Gasteiger partial charge < -0.3 is 87.7 Å². The molecule has 1 unspecified atom stereocenters. The number of hydrogen-bond donors (Lipinski definition) is 5. The van der Waals surface area contributed by atoms with Crippen LogP contribution >= 0.6 is 11.8 Å². The number of ether oxygens (including phenoxy) is 13. The van der Waals surface area contributed by atoms with Gasteiger partial charge in [-0.15, -0.1) is 6.58 Å². The van der Waals surface area contributed by atoms with Crippen molar-refractivity contribution in [2.75, 3.05) is 18.9 Å². The number of hydrogen-bond acceptors (Lipinski definition) is 18. The van der Waals surface area contributed by atoms with Gasteiger partial charge in [0.2, 0.25) is 5.91 Å². The first kappa shape index (κ1) is 63.8. The molecule has 20 nitrogen and oxygen atoms in total. The number of rotatable bonds is 13. The summed E-state index contributed by atoms with van der Waals surface area (Å²) in [6, 6.07) is 0.332. The minimum Gasteiger partial charge on any atom is -0.387 e. The number of fused-ring (bicyclic) bond motifs is 12. The lowest BCUT2D eigenvalue weighted by Gasteiger charge is -2.61. The smallest absolute Gasteiger partial charge is 0.315 e. The molecule has 14 heterocycles. The largest absolute Gasteiger partial charge is 0.387 e. The van der Waals surface area contributed by atoms with E-state index in [2.05, 4.69) is 63.4 Å². The third-order valence-electron chi connectivity index (χ3n) is 23.6. The first-order chi connectivity index (χ1) is 42.6. The van der Waals surface area contributed by atoms with Gasteiger partial charge in [-0.1, -0.05) is 50.3 Å². The van der Waals surface area contributed by atoms with Gasteiger partial charge in [0, 0.05) is 81.8 Å². The van der Waals surface area contributed by atoms with Crippen molar-refractivity contribution in [3.63, 3.8) is 0 Å². The van der Waals surface area contributed by atoms with E-state index in [9.17, 15) is 19.8 Å². The van der Waals surface area contributed by atoms with E-state index in [0.29, 0.717) is 82.6 Å². The highest BCUT2D eigenvalue weighted by atomic mass is 32.2. The molecule has 0 aromatic carbocycles. The molecule has 0 aromatic heterocycles. The van der Waals surface area contributed by atoms with Crippen LogP contribution in [0.25, 0.3) is 0 Å². The quantitative estimate of drug-likeness (QED) is 0.0540. The summed E-state index contributed by atoms with van der Waals surface area (Å²) < 4.78 is 90.8. The number of unbranched alkanes of at least 4 members (excludes halogenated alkanes) is 1. The van der Waals surface area contributed by atoms with Crippen LogP contribution in [0.4, 0.5) is 4.79 Å². The average molecular weight is 1260 g/mol. The molecule has 0 saturated carbocycles. The Bertz CT molecular complexity index is 2690. The molecular formula is C68H101N3O17S. The van der Waals surface area contributed by atoms with Gasteiger partial charge in [-0.2, -0.15) is 11.8 Å². The summed E-state index contributed by atoms with van der Waals surface area (Å²) in [7, 11) is 0. The lowest BCUT2D eigenvalue weighted by atomic mass is 9.73. The Balaban J connectivity index is 0.572. The van der Waals surface area contributed by atoms with E-state index in [4.69, 9.17) is 61.6 Å². The zero-order chi connectivity index (χ0) is 61.9. The molecule has 14 aliphatic rings. The van der Waals surface area contributed by atoms with E-state index in [-0.39, 0.29) is 115 Å². The molecule has 14 fully saturated rings. The highest BCUT2D eigenvalue weighted by Crippen LogP contribution is 2.54. The van der Waals surface area contributed by atoms with Gasteiger partial charge in [0.25, 0.3) is 0 Å². The maximum Gasteiger partial charge on any atom is 0.315 e. The van der Waals surface area contributed by atoms with Crippen LogP contribution in [0.15, 0.2) is 49.1 Å². The Hall–Kier alpha value is -2.55. The molecule has 0 aromatic rings. The molecule has 0 bridgehead atoms. The fraction of sp³-hybridized carbons (Fsp3) is 0.853. The van der Waals surface area contributed by atoms with Crippen LogP contribution in [-0.2, 0) is 66.4 Å². The second-order valence-corrected chi connectivity index (χ2v) is 31.5. The van der Waals surface area contributed by atoms with Crippen molar-refractivity contribution in [2.24, 2.45) is 5.92 Å². The summed E-state index contributed by atoms with van der Waals surface area (Å²) in [6.45, 7) is 25.7. The molecule has 21 heteroatoms. The average Bonchev–Trinajstić information content (AvgIpc) is 1.53. The van der Waals surface area contributed by atoms with Crippen LogP contribution in [0, 0.1) is 5.92 Å². The molecule has 5 N–H and O–H groups in total. The summed E-state index contributed by atoms with van der Waals surface area (Å²) in [4.78, 5) is 24.6. The van der Waals surface area contributed by atoms with E-state index in [1.807, 2.05) is 24.8 Å². The molecule has 14 rings (SSSR count). The lowest BCUT2D eigenvalue weighted by molar-refractivity contribution is -0.369. The Kier molecular flexibility index (Phi) is 17.9.